The maximum atomic E-state index is 12.4. The number of amides is 2. The summed E-state index contributed by atoms with van der Waals surface area (Å²) in [6.45, 7) is 4.14. The second-order valence-corrected chi connectivity index (χ2v) is 6.04. The number of rotatable bonds is 3. The zero-order valence-electron chi connectivity index (χ0n) is 13.9. The number of hydrogen-bond donors (Lipinski definition) is 0. The van der Waals surface area contributed by atoms with Crippen molar-refractivity contribution in [3.05, 3.63) is 42.5 Å². The van der Waals surface area contributed by atoms with Gasteiger partial charge < -0.3 is 14.5 Å². The summed E-state index contributed by atoms with van der Waals surface area (Å²) in [4.78, 5) is 27.4. The van der Waals surface area contributed by atoms with E-state index in [1.807, 2.05) is 42.5 Å². The lowest BCUT2D eigenvalue weighted by atomic mass is 10.1. The molecule has 0 aliphatic carbocycles. The standard InChI is InChI=1S/C19H22N2O3/c1-15(22)20-9-4-10-21(12-11-20)19(23)14-24-18-8-7-16-5-2-3-6-17(16)13-18/h2-3,5-8,13H,4,9-12,14H2,1H3. The van der Waals surface area contributed by atoms with Crippen LogP contribution >= 0.6 is 0 Å². The minimum Gasteiger partial charge on any atom is -0.484 e. The van der Waals surface area contributed by atoms with Gasteiger partial charge in [-0.15, -0.1) is 0 Å². The first kappa shape index (κ1) is 16.3. The summed E-state index contributed by atoms with van der Waals surface area (Å²) < 4.78 is 5.67. The molecule has 0 unspecified atom stereocenters. The van der Waals surface area contributed by atoms with Gasteiger partial charge >= 0.3 is 0 Å². The Hall–Kier alpha value is -2.56. The molecule has 0 atom stereocenters. The first-order chi connectivity index (χ1) is 11.6. The number of nitrogens with zero attached hydrogens (tertiary/aromatic N) is 2. The molecule has 126 valence electrons. The van der Waals surface area contributed by atoms with Crippen molar-refractivity contribution in [3.63, 3.8) is 0 Å². The number of carbonyl (C=O) groups is 2. The molecule has 1 saturated heterocycles. The monoisotopic (exact) mass is 326 g/mol. The molecule has 1 heterocycles. The van der Waals surface area contributed by atoms with Crippen molar-refractivity contribution in [2.45, 2.75) is 13.3 Å². The number of carbonyl (C=O) groups excluding carboxylic acids is 2. The lowest BCUT2D eigenvalue weighted by molar-refractivity contribution is -0.134. The van der Waals surface area contributed by atoms with E-state index in [-0.39, 0.29) is 18.4 Å². The third-order valence-corrected chi connectivity index (χ3v) is 4.38. The zero-order chi connectivity index (χ0) is 16.9. The molecule has 1 fully saturated rings. The van der Waals surface area contributed by atoms with E-state index in [1.54, 1.807) is 16.7 Å². The molecule has 2 aromatic rings. The fourth-order valence-corrected chi connectivity index (χ4v) is 2.98. The van der Waals surface area contributed by atoms with Crippen LogP contribution in [0.25, 0.3) is 10.8 Å². The summed E-state index contributed by atoms with van der Waals surface area (Å²) >= 11 is 0. The van der Waals surface area contributed by atoms with Crippen molar-refractivity contribution < 1.29 is 14.3 Å². The van der Waals surface area contributed by atoms with Gasteiger partial charge in [0.25, 0.3) is 5.91 Å². The molecule has 1 aliphatic heterocycles. The molecule has 0 N–H and O–H groups in total. The molecule has 3 rings (SSSR count). The zero-order valence-corrected chi connectivity index (χ0v) is 13.9. The van der Waals surface area contributed by atoms with Crippen LogP contribution in [0.5, 0.6) is 5.75 Å². The van der Waals surface area contributed by atoms with Crippen LogP contribution in [0.2, 0.25) is 0 Å². The smallest absolute Gasteiger partial charge is 0.260 e. The fourth-order valence-electron chi connectivity index (χ4n) is 2.98. The number of hydrogen-bond acceptors (Lipinski definition) is 3. The first-order valence-corrected chi connectivity index (χ1v) is 8.28. The van der Waals surface area contributed by atoms with E-state index in [2.05, 4.69) is 0 Å². The van der Waals surface area contributed by atoms with Gasteiger partial charge in [-0.1, -0.05) is 30.3 Å². The molecule has 5 nitrogen and oxygen atoms in total. The van der Waals surface area contributed by atoms with E-state index in [1.165, 1.54) is 0 Å². The van der Waals surface area contributed by atoms with Gasteiger partial charge in [0, 0.05) is 33.1 Å². The Bertz CT molecular complexity index is 744. The Labute approximate surface area is 141 Å². The molecule has 2 amide bonds. The quantitative estimate of drug-likeness (QED) is 0.869. The Morgan fingerprint density at radius 2 is 1.67 bits per heavy atom. The third-order valence-electron chi connectivity index (χ3n) is 4.38. The highest BCUT2D eigenvalue weighted by atomic mass is 16.5. The summed E-state index contributed by atoms with van der Waals surface area (Å²) in [6, 6.07) is 13.9. The van der Waals surface area contributed by atoms with E-state index in [0.717, 1.165) is 17.2 Å². The maximum absolute atomic E-state index is 12.4. The highest BCUT2D eigenvalue weighted by Crippen LogP contribution is 2.20. The maximum Gasteiger partial charge on any atom is 0.260 e. The van der Waals surface area contributed by atoms with Gasteiger partial charge in [-0.05, 0) is 29.3 Å². The van der Waals surface area contributed by atoms with Crippen LogP contribution in [0.3, 0.4) is 0 Å². The molecule has 0 saturated carbocycles. The van der Waals surface area contributed by atoms with Gasteiger partial charge in [0.05, 0.1) is 0 Å². The second-order valence-electron chi connectivity index (χ2n) is 6.04. The minimum atomic E-state index is -0.0337. The van der Waals surface area contributed by atoms with E-state index in [0.29, 0.717) is 31.9 Å². The second kappa shape index (κ2) is 7.34. The first-order valence-electron chi connectivity index (χ1n) is 8.28. The molecule has 0 radical (unpaired) electrons. The molecular formula is C19H22N2O3. The van der Waals surface area contributed by atoms with Gasteiger partial charge in [0.1, 0.15) is 5.75 Å². The van der Waals surface area contributed by atoms with Crippen LogP contribution in [0.1, 0.15) is 13.3 Å². The van der Waals surface area contributed by atoms with E-state index in [4.69, 9.17) is 4.74 Å². The molecule has 24 heavy (non-hydrogen) atoms. The van der Waals surface area contributed by atoms with Crippen molar-refractivity contribution >= 4 is 22.6 Å². The predicted molar refractivity (Wildman–Crippen MR) is 92.9 cm³/mol. The number of ether oxygens (including phenoxy) is 1. The third kappa shape index (κ3) is 3.85. The highest BCUT2D eigenvalue weighted by molar-refractivity contribution is 5.84. The lowest BCUT2D eigenvalue weighted by Gasteiger charge is -2.21. The van der Waals surface area contributed by atoms with Crippen LogP contribution < -0.4 is 4.74 Å². The Kier molecular flexibility index (Phi) is 4.99. The van der Waals surface area contributed by atoms with Crippen molar-refractivity contribution in [3.8, 4) is 5.75 Å². The van der Waals surface area contributed by atoms with Crippen molar-refractivity contribution in [2.75, 3.05) is 32.8 Å². The van der Waals surface area contributed by atoms with Crippen molar-refractivity contribution in [1.29, 1.82) is 0 Å². The predicted octanol–water partition coefficient (Wildman–Crippen LogP) is 2.30. The number of benzene rings is 2. The summed E-state index contributed by atoms with van der Waals surface area (Å²) in [5.41, 5.74) is 0. The average molecular weight is 326 g/mol. The van der Waals surface area contributed by atoms with Gasteiger partial charge in [0.15, 0.2) is 6.61 Å². The van der Waals surface area contributed by atoms with Crippen LogP contribution in [0.4, 0.5) is 0 Å². The summed E-state index contributed by atoms with van der Waals surface area (Å²) in [5, 5.41) is 2.24. The van der Waals surface area contributed by atoms with Gasteiger partial charge in [0.2, 0.25) is 5.91 Å². The van der Waals surface area contributed by atoms with Gasteiger partial charge in [-0.2, -0.15) is 0 Å². The van der Waals surface area contributed by atoms with Gasteiger partial charge in [-0.3, -0.25) is 9.59 Å². The van der Waals surface area contributed by atoms with Crippen LogP contribution in [0, 0.1) is 0 Å². The average Bonchev–Trinajstić information content (AvgIpc) is 2.86. The SMILES string of the molecule is CC(=O)N1CCCN(C(=O)COc2ccc3ccccc3c2)CC1. The normalized spacial score (nSPS) is 15.2. The van der Waals surface area contributed by atoms with Crippen LogP contribution in [-0.4, -0.2) is 54.4 Å². The Morgan fingerprint density at radius 1 is 0.958 bits per heavy atom. The largest absolute Gasteiger partial charge is 0.484 e. The molecule has 0 spiro atoms. The van der Waals surface area contributed by atoms with E-state index < -0.39 is 0 Å². The number of fused-ring (bicyclic) bond motifs is 1. The lowest BCUT2D eigenvalue weighted by Crippen LogP contribution is -2.38. The van der Waals surface area contributed by atoms with Crippen molar-refractivity contribution in [2.24, 2.45) is 0 Å². The highest BCUT2D eigenvalue weighted by Gasteiger charge is 2.20. The molecule has 0 aromatic heterocycles. The summed E-state index contributed by atoms with van der Waals surface area (Å²) in [5.74, 6) is 0.729. The van der Waals surface area contributed by atoms with Crippen LogP contribution in [-0.2, 0) is 9.59 Å². The van der Waals surface area contributed by atoms with E-state index in [9.17, 15) is 9.59 Å². The fraction of sp³-hybridized carbons (Fsp3) is 0.368. The summed E-state index contributed by atoms with van der Waals surface area (Å²) in [6.07, 6.45) is 0.807. The Balaban J connectivity index is 1.57. The molecule has 5 heteroatoms. The van der Waals surface area contributed by atoms with Crippen LogP contribution in [0.15, 0.2) is 42.5 Å². The van der Waals surface area contributed by atoms with E-state index >= 15 is 0 Å². The van der Waals surface area contributed by atoms with Crippen molar-refractivity contribution in [1.82, 2.24) is 9.80 Å². The molecular weight excluding hydrogens is 304 g/mol. The molecule has 2 aromatic carbocycles. The molecule has 1 aliphatic rings. The topological polar surface area (TPSA) is 49.9 Å². The minimum absolute atomic E-state index is 0.0262. The Morgan fingerprint density at radius 3 is 2.46 bits per heavy atom. The van der Waals surface area contributed by atoms with Gasteiger partial charge in [-0.25, -0.2) is 0 Å². The molecule has 0 bridgehead atoms. The summed E-state index contributed by atoms with van der Waals surface area (Å²) in [7, 11) is 0.